The Hall–Kier alpha value is -5.67. The minimum absolute atomic E-state index is 0.0810. The predicted octanol–water partition coefficient (Wildman–Crippen LogP) is 10.5. The first-order chi connectivity index (χ1) is 22.1. The molecule has 0 spiro atoms. The van der Waals surface area contributed by atoms with Crippen molar-refractivity contribution in [1.82, 2.24) is 15.0 Å². The lowest BCUT2D eigenvalue weighted by Gasteiger charge is -2.23. The third kappa shape index (κ3) is 4.74. The quantitative estimate of drug-likeness (QED) is 0.204. The zero-order chi connectivity index (χ0) is 30.4. The maximum atomic E-state index is 4.93. The van der Waals surface area contributed by atoms with Gasteiger partial charge < -0.3 is 0 Å². The van der Waals surface area contributed by atoms with Gasteiger partial charge in [-0.1, -0.05) is 153 Å². The second-order valence-electron chi connectivity index (χ2n) is 12.1. The van der Waals surface area contributed by atoms with Gasteiger partial charge in [-0.3, -0.25) is 0 Å². The van der Waals surface area contributed by atoms with Gasteiger partial charge in [-0.15, -0.1) is 0 Å². The Morgan fingerprint density at radius 2 is 0.733 bits per heavy atom. The Balaban J connectivity index is 1.26. The molecule has 1 aliphatic rings. The Morgan fingerprint density at radius 1 is 0.333 bits per heavy atom. The van der Waals surface area contributed by atoms with Gasteiger partial charge in [-0.05, 0) is 56.6 Å². The molecule has 45 heavy (non-hydrogen) atoms. The second-order valence-corrected chi connectivity index (χ2v) is 12.1. The molecule has 3 heteroatoms. The first-order valence-electron chi connectivity index (χ1n) is 15.4. The molecule has 1 aromatic heterocycles. The lowest BCUT2D eigenvalue weighted by Crippen LogP contribution is -2.15. The molecule has 0 aliphatic heterocycles. The highest BCUT2D eigenvalue weighted by molar-refractivity contribution is 5.92. The molecule has 0 saturated heterocycles. The summed E-state index contributed by atoms with van der Waals surface area (Å²) in [6, 6.07) is 53.2. The van der Waals surface area contributed by atoms with Crippen LogP contribution in [0, 0.1) is 0 Å². The van der Waals surface area contributed by atoms with Gasteiger partial charge in [0.15, 0.2) is 17.5 Å². The average molecular weight is 578 g/mol. The highest BCUT2D eigenvalue weighted by atomic mass is 15.0. The second kappa shape index (κ2) is 10.8. The summed E-state index contributed by atoms with van der Waals surface area (Å²) in [5, 5.41) is 0. The van der Waals surface area contributed by atoms with Gasteiger partial charge in [0.2, 0.25) is 0 Å². The van der Waals surface area contributed by atoms with Crippen LogP contribution >= 0.6 is 0 Å². The molecule has 0 atom stereocenters. The Morgan fingerprint density at radius 3 is 1.29 bits per heavy atom. The minimum atomic E-state index is -0.0810. The Labute approximate surface area is 264 Å². The van der Waals surface area contributed by atoms with E-state index < -0.39 is 0 Å². The fourth-order valence-corrected chi connectivity index (χ4v) is 6.58. The number of nitrogens with zero attached hydrogens (tertiary/aromatic N) is 3. The van der Waals surface area contributed by atoms with E-state index in [4.69, 9.17) is 15.0 Å². The molecule has 0 bridgehead atoms. The molecule has 6 aromatic carbocycles. The van der Waals surface area contributed by atoms with Crippen molar-refractivity contribution in [2.45, 2.75) is 19.3 Å². The summed E-state index contributed by atoms with van der Waals surface area (Å²) in [5.41, 5.74) is 13.0. The van der Waals surface area contributed by atoms with Gasteiger partial charge in [-0.25, -0.2) is 15.0 Å². The van der Waals surface area contributed by atoms with Crippen LogP contribution in [0.5, 0.6) is 0 Å². The standard InChI is InChI=1S/C42H31N3/c1-42(2)37-21-13-12-20-33(37)36-26-34(28-14-6-3-7-15-28)35(27-38(36)42)29-22-24-32(25-23-29)41-44-39(30-16-8-4-9-17-30)43-40(45-41)31-18-10-5-11-19-31/h3-27H,1-2H3. The molecule has 8 rings (SSSR count). The van der Waals surface area contributed by atoms with Gasteiger partial charge in [0.1, 0.15) is 0 Å². The van der Waals surface area contributed by atoms with Crippen molar-refractivity contribution in [3.63, 3.8) is 0 Å². The summed E-state index contributed by atoms with van der Waals surface area (Å²) < 4.78 is 0. The molecule has 0 radical (unpaired) electrons. The predicted molar refractivity (Wildman–Crippen MR) is 185 cm³/mol. The number of rotatable bonds is 5. The van der Waals surface area contributed by atoms with Crippen molar-refractivity contribution < 1.29 is 0 Å². The van der Waals surface area contributed by atoms with E-state index in [1.807, 2.05) is 60.7 Å². The van der Waals surface area contributed by atoms with E-state index in [1.165, 1.54) is 38.9 Å². The van der Waals surface area contributed by atoms with Crippen LogP contribution in [-0.4, -0.2) is 15.0 Å². The van der Waals surface area contributed by atoms with E-state index in [0.29, 0.717) is 17.5 Å². The van der Waals surface area contributed by atoms with E-state index in [2.05, 4.69) is 105 Å². The van der Waals surface area contributed by atoms with Crippen LogP contribution in [0.1, 0.15) is 25.0 Å². The lowest BCUT2D eigenvalue weighted by atomic mass is 9.80. The lowest BCUT2D eigenvalue weighted by molar-refractivity contribution is 0.660. The zero-order valence-electron chi connectivity index (χ0n) is 25.3. The van der Waals surface area contributed by atoms with Gasteiger partial charge in [-0.2, -0.15) is 0 Å². The fourth-order valence-electron chi connectivity index (χ4n) is 6.58. The van der Waals surface area contributed by atoms with Crippen molar-refractivity contribution in [2.24, 2.45) is 0 Å². The number of hydrogen-bond donors (Lipinski definition) is 0. The number of fused-ring (bicyclic) bond motifs is 3. The van der Waals surface area contributed by atoms with Crippen LogP contribution < -0.4 is 0 Å². The van der Waals surface area contributed by atoms with E-state index in [0.717, 1.165) is 22.3 Å². The van der Waals surface area contributed by atoms with E-state index >= 15 is 0 Å². The van der Waals surface area contributed by atoms with Crippen LogP contribution in [0.2, 0.25) is 0 Å². The molecule has 0 unspecified atom stereocenters. The third-order valence-electron chi connectivity index (χ3n) is 8.96. The molecular formula is C42H31N3. The van der Waals surface area contributed by atoms with Crippen molar-refractivity contribution in [3.05, 3.63) is 163 Å². The fraction of sp³-hybridized carbons (Fsp3) is 0.0714. The van der Waals surface area contributed by atoms with Crippen molar-refractivity contribution in [1.29, 1.82) is 0 Å². The maximum absolute atomic E-state index is 4.93. The van der Waals surface area contributed by atoms with Crippen molar-refractivity contribution in [2.75, 3.05) is 0 Å². The van der Waals surface area contributed by atoms with Crippen LogP contribution in [0.25, 0.3) is 67.5 Å². The molecule has 0 N–H and O–H groups in total. The Bertz CT molecular complexity index is 2090. The number of benzene rings is 6. The SMILES string of the molecule is CC1(C)c2ccccc2-c2cc(-c3ccccc3)c(-c3ccc(-c4nc(-c5ccccc5)nc(-c5ccccc5)n4)cc3)cc21. The van der Waals surface area contributed by atoms with E-state index in [1.54, 1.807) is 0 Å². The average Bonchev–Trinajstić information content (AvgIpc) is 3.34. The summed E-state index contributed by atoms with van der Waals surface area (Å²) in [4.78, 5) is 14.7. The molecule has 7 aromatic rings. The topological polar surface area (TPSA) is 38.7 Å². The highest BCUT2D eigenvalue weighted by Crippen LogP contribution is 2.51. The highest BCUT2D eigenvalue weighted by Gasteiger charge is 2.36. The summed E-state index contributed by atoms with van der Waals surface area (Å²) in [7, 11) is 0. The van der Waals surface area contributed by atoms with E-state index in [-0.39, 0.29) is 5.41 Å². The molecule has 0 fully saturated rings. The number of aromatic nitrogens is 3. The molecular weight excluding hydrogens is 546 g/mol. The smallest absolute Gasteiger partial charge is 0.164 e. The zero-order valence-corrected chi connectivity index (χ0v) is 25.3. The third-order valence-corrected chi connectivity index (χ3v) is 8.96. The van der Waals surface area contributed by atoms with Gasteiger partial charge in [0.25, 0.3) is 0 Å². The number of hydrogen-bond acceptors (Lipinski definition) is 3. The van der Waals surface area contributed by atoms with Gasteiger partial charge >= 0.3 is 0 Å². The summed E-state index contributed by atoms with van der Waals surface area (Å²) in [6.07, 6.45) is 0. The van der Waals surface area contributed by atoms with Crippen molar-refractivity contribution in [3.8, 4) is 67.5 Å². The molecule has 1 heterocycles. The normalized spacial score (nSPS) is 12.8. The summed E-state index contributed by atoms with van der Waals surface area (Å²) in [5.74, 6) is 1.98. The largest absolute Gasteiger partial charge is 0.208 e. The summed E-state index contributed by atoms with van der Waals surface area (Å²) in [6.45, 7) is 4.67. The van der Waals surface area contributed by atoms with E-state index in [9.17, 15) is 0 Å². The Kier molecular flexibility index (Phi) is 6.46. The molecule has 3 nitrogen and oxygen atoms in total. The molecule has 214 valence electrons. The van der Waals surface area contributed by atoms with Crippen LogP contribution in [0.15, 0.2) is 152 Å². The van der Waals surface area contributed by atoms with Gasteiger partial charge in [0.05, 0.1) is 0 Å². The first-order valence-corrected chi connectivity index (χ1v) is 15.4. The van der Waals surface area contributed by atoms with Gasteiger partial charge in [0, 0.05) is 22.1 Å². The molecule has 0 amide bonds. The van der Waals surface area contributed by atoms with Crippen LogP contribution in [-0.2, 0) is 5.41 Å². The maximum Gasteiger partial charge on any atom is 0.164 e. The van der Waals surface area contributed by atoms with Crippen molar-refractivity contribution >= 4 is 0 Å². The van der Waals surface area contributed by atoms with Crippen LogP contribution in [0.4, 0.5) is 0 Å². The molecule has 1 aliphatic carbocycles. The summed E-state index contributed by atoms with van der Waals surface area (Å²) >= 11 is 0. The first kappa shape index (κ1) is 26.9. The molecule has 0 saturated carbocycles. The van der Waals surface area contributed by atoms with Crippen LogP contribution in [0.3, 0.4) is 0 Å². The monoisotopic (exact) mass is 577 g/mol. The minimum Gasteiger partial charge on any atom is -0.208 e.